The molecule has 1 saturated heterocycles. The van der Waals surface area contributed by atoms with Crippen molar-refractivity contribution in [3.63, 3.8) is 0 Å². The molecule has 3 rings (SSSR count). The van der Waals surface area contributed by atoms with E-state index in [1.807, 2.05) is 18.2 Å². The molecule has 1 aromatic carbocycles. The van der Waals surface area contributed by atoms with Crippen LogP contribution in [-0.2, 0) is 0 Å². The van der Waals surface area contributed by atoms with Gasteiger partial charge in [-0.05, 0) is 24.8 Å². The topological polar surface area (TPSA) is 44.7 Å². The Morgan fingerprint density at radius 1 is 1.32 bits per heavy atom. The van der Waals surface area contributed by atoms with Gasteiger partial charge in [0.2, 0.25) is 0 Å². The number of phenolic OH excluding ortho intramolecular Hbond substituents is 1. The molecule has 0 radical (unpaired) electrons. The van der Waals surface area contributed by atoms with E-state index in [2.05, 4.69) is 10.2 Å². The van der Waals surface area contributed by atoms with E-state index in [1.165, 1.54) is 12.8 Å². The number of para-hydroxylation sites is 1. The van der Waals surface area contributed by atoms with Crippen LogP contribution in [0.15, 0.2) is 18.2 Å². The number of methoxy groups -OCH3 is 1. The Balaban J connectivity index is 1.91. The largest absolute Gasteiger partial charge is 0.504 e. The zero-order valence-corrected chi connectivity index (χ0v) is 11.4. The zero-order chi connectivity index (χ0) is 13.2. The lowest BCUT2D eigenvalue weighted by Gasteiger charge is -2.35. The third-order valence-corrected chi connectivity index (χ3v) is 4.18. The van der Waals surface area contributed by atoms with Crippen molar-refractivity contribution >= 4 is 0 Å². The van der Waals surface area contributed by atoms with E-state index in [1.54, 1.807) is 7.11 Å². The molecule has 1 aliphatic heterocycles. The molecule has 4 nitrogen and oxygen atoms in total. The van der Waals surface area contributed by atoms with Gasteiger partial charge in [0, 0.05) is 37.8 Å². The predicted molar refractivity (Wildman–Crippen MR) is 74.6 cm³/mol. The minimum absolute atomic E-state index is 0.320. The highest BCUT2D eigenvalue weighted by Crippen LogP contribution is 2.48. The van der Waals surface area contributed by atoms with Crippen LogP contribution in [0.25, 0.3) is 0 Å². The van der Waals surface area contributed by atoms with Crippen molar-refractivity contribution in [3.8, 4) is 11.5 Å². The molecule has 1 heterocycles. The van der Waals surface area contributed by atoms with E-state index in [0.29, 0.717) is 23.5 Å². The smallest absolute Gasteiger partial charge is 0.162 e. The van der Waals surface area contributed by atoms with Crippen LogP contribution in [0.5, 0.6) is 11.5 Å². The summed E-state index contributed by atoms with van der Waals surface area (Å²) in [4.78, 5) is 2.50. The van der Waals surface area contributed by atoms with Gasteiger partial charge in [0.25, 0.3) is 0 Å². The second-order valence-electron chi connectivity index (χ2n) is 5.47. The third-order valence-electron chi connectivity index (χ3n) is 4.18. The van der Waals surface area contributed by atoms with Gasteiger partial charge in [0.1, 0.15) is 0 Å². The molecule has 0 amide bonds. The third kappa shape index (κ3) is 2.55. The Hall–Kier alpha value is -1.26. The number of nitrogens with zero attached hydrogens (tertiary/aromatic N) is 1. The summed E-state index contributed by atoms with van der Waals surface area (Å²) in [5.41, 5.74) is 1.03. The van der Waals surface area contributed by atoms with Crippen LogP contribution in [0.4, 0.5) is 0 Å². The summed E-state index contributed by atoms with van der Waals surface area (Å²) in [6.45, 7) is 4.18. The summed E-state index contributed by atoms with van der Waals surface area (Å²) in [5, 5.41) is 13.8. The van der Waals surface area contributed by atoms with Gasteiger partial charge >= 0.3 is 0 Å². The first-order valence-corrected chi connectivity index (χ1v) is 7.12. The number of hydrogen-bond acceptors (Lipinski definition) is 4. The van der Waals surface area contributed by atoms with E-state index >= 15 is 0 Å². The van der Waals surface area contributed by atoms with Gasteiger partial charge in [0.05, 0.1) is 7.11 Å². The van der Waals surface area contributed by atoms with E-state index in [4.69, 9.17) is 4.74 Å². The Morgan fingerprint density at radius 3 is 2.68 bits per heavy atom. The molecule has 1 aliphatic carbocycles. The van der Waals surface area contributed by atoms with Gasteiger partial charge in [-0.2, -0.15) is 0 Å². The number of nitrogens with one attached hydrogen (secondary N) is 1. The maximum atomic E-state index is 10.4. The Kier molecular flexibility index (Phi) is 3.62. The van der Waals surface area contributed by atoms with E-state index in [0.717, 1.165) is 31.7 Å². The van der Waals surface area contributed by atoms with Crippen molar-refractivity contribution < 1.29 is 9.84 Å². The second kappa shape index (κ2) is 5.39. The maximum absolute atomic E-state index is 10.4. The van der Waals surface area contributed by atoms with Gasteiger partial charge in [0.15, 0.2) is 11.5 Å². The molecule has 2 aliphatic rings. The molecule has 4 heteroatoms. The highest BCUT2D eigenvalue weighted by molar-refractivity contribution is 5.47. The molecule has 1 aromatic rings. The lowest BCUT2D eigenvalue weighted by Crippen LogP contribution is -2.45. The first-order valence-electron chi connectivity index (χ1n) is 7.12. The van der Waals surface area contributed by atoms with Crippen LogP contribution < -0.4 is 10.1 Å². The minimum Gasteiger partial charge on any atom is -0.504 e. The normalized spacial score (nSPS) is 22.2. The van der Waals surface area contributed by atoms with Crippen molar-refractivity contribution in [2.45, 2.75) is 18.9 Å². The Labute approximate surface area is 114 Å². The number of rotatable bonds is 4. The lowest BCUT2D eigenvalue weighted by molar-refractivity contribution is 0.153. The number of ether oxygens (including phenoxy) is 1. The summed E-state index contributed by atoms with van der Waals surface area (Å²) in [5.74, 6) is 1.59. The van der Waals surface area contributed by atoms with Crippen LogP contribution in [0.3, 0.4) is 0 Å². The molecule has 2 N–H and O–H groups in total. The zero-order valence-electron chi connectivity index (χ0n) is 11.4. The number of piperazine rings is 1. The standard InChI is InChI=1S/C15H22N2O2/c1-19-13-4-2-3-12(15(13)18)14(11-5-6-11)17-9-7-16-8-10-17/h2-4,11,14,16,18H,5-10H2,1H3/t14-/m0/s1. The molecule has 19 heavy (non-hydrogen) atoms. The quantitative estimate of drug-likeness (QED) is 0.868. The molecule has 2 fully saturated rings. The number of phenols is 1. The molecule has 1 saturated carbocycles. The van der Waals surface area contributed by atoms with Crippen LogP contribution in [0, 0.1) is 5.92 Å². The SMILES string of the molecule is COc1cccc([C@H](C2CC2)N2CCNCC2)c1O. The second-order valence-corrected chi connectivity index (χ2v) is 5.47. The summed E-state index contributed by atoms with van der Waals surface area (Å²) < 4.78 is 5.24. The monoisotopic (exact) mass is 262 g/mol. The minimum atomic E-state index is 0.320. The number of hydrogen-bond donors (Lipinski definition) is 2. The lowest BCUT2D eigenvalue weighted by atomic mass is 9.98. The van der Waals surface area contributed by atoms with E-state index < -0.39 is 0 Å². The first kappa shape index (κ1) is 12.8. The van der Waals surface area contributed by atoms with Gasteiger partial charge in [-0.3, -0.25) is 4.90 Å². The molecule has 104 valence electrons. The van der Waals surface area contributed by atoms with Crippen LogP contribution in [0.1, 0.15) is 24.4 Å². The average Bonchev–Trinajstić information content (AvgIpc) is 3.27. The fourth-order valence-electron chi connectivity index (χ4n) is 3.06. The fourth-order valence-corrected chi connectivity index (χ4v) is 3.06. The van der Waals surface area contributed by atoms with Crippen molar-refractivity contribution in [1.29, 1.82) is 0 Å². The predicted octanol–water partition coefficient (Wildman–Crippen LogP) is 1.76. The van der Waals surface area contributed by atoms with Crippen LogP contribution in [0.2, 0.25) is 0 Å². The highest BCUT2D eigenvalue weighted by atomic mass is 16.5. The van der Waals surface area contributed by atoms with Crippen molar-refractivity contribution in [1.82, 2.24) is 10.2 Å². The molecule has 1 atom stereocenters. The van der Waals surface area contributed by atoms with Gasteiger partial charge in [-0.1, -0.05) is 12.1 Å². The van der Waals surface area contributed by atoms with Gasteiger partial charge in [-0.25, -0.2) is 0 Å². The molecule has 0 unspecified atom stereocenters. The summed E-state index contributed by atoms with van der Waals surface area (Å²) in [6, 6.07) is 6.19. The van der Waals surface area contributed by atoms with E-state index in [9.17, 15) is 5.11 Å². The van der Waals surface area contributed by atoms with E-state index in [-0.39, 0.29) is 0 Å². The van der Waals surface area contributed by atoms with Crippen LogP contribution >= 0.6 is 0 Å². The summed E-state index contributed by atoms with van der Waals surface area (Å²) in [6.07, 6.45) is 2.54. The van der Waals surface area contributed by atoms with Crippen molar-refractivity contribution in [3.05, 3.63) is 23.8 Å². The average molecular weight is 262 g/mol. The molecule has 0 bridgehead atoms. The molecule has 0 spiro atoms. The summed E-state index contributed by atoms with van der Waals surface area (Å²) in [7, 11) is 1.61. The number of benzene rings is 1. The van der Waals surface area contributed by atoms with Crippen molar-refractivity contribution in [2.24, 2.45) is 5.92 Å². The Bertz CT molecular complexity index is 440. The van der Waals surface area contributed by atoms with Gasteiger partial charge < -0.3 is 15.2 Å². The number of aromatic hydroxyl groups is 1. The van der Waals surface area contributed by atoms with Gasteiger partial charge in [-0.15, -0.1) is 0 Å². The maximum Gasteiger partial charge on any atom is 0.162 e. The molecular weight excluding hydrogens is 240 g/mol. The molecular formula is C15H22N2O2. The van der Waals surface area contributed by atoms with Crippen LogP contribution in [-0.4, -0.2) is 43.3 Å². The van der Waals surface area contributed by atoms with Crippen molar-refractivity contribution in [2.75, 3.05) is 33.3 Å². The summed E-state index contributed by atoms with van der Waals surface area (Å²) >= 11 is 0. The molecule has 0 aromatic heterocycles. The Morgan fingerprint density at radius 2 is 2.05 bits per heavy atom. The highest BCUT2D eigenvalue weighted by Gasteiger charge is 2.38. The fraction of sp³-hybridized carbons (Fsp3) is 0.600. The first-order chi connectivity index (χ1) is 9.31.